The first kappa shape index (κ1) is 17.3. The van der Waals surface area contributed by atoms with Crippen molar-refractivity contribution >= 4 is 10.0 Å². The van der Waals surface area contributed by atoms with Crippen LogP contribution in [0.25, 0.3) is 0 Å². The Kier molecular flexibility index (Phi) is 5.27. The topological polar surface area (TPSA) is 55.4 Å². The molecule has 0 unspecified atom stereocenters. The summed E-state index contributed by atoms with van der Waals surface area (Å²) in [6.45, 7) is -1.40. The van der Waals surface area contributed by atoms with Gasteiger partial charge in [0.1, 0.15) is 11.6 Å². The van der Waals surface area contributed by atoms with Gasteiger partial charge in [-0.2, -0.15) is 8.78 Å². The van der Waals surface area contributed by atoms with Crippen molar-refractivity contribution in [2.45, 2.75) is 24.5 Å². The molecule has 2 rings (SSSR count). The molecule has 2 aromatic rings. The Labute approximate surface area is 132 Å². The number of rotatable bonds is 6. The number of benzene rings is 2. The van der Waals surface area contributed by atoms with Crippen LogP contribution in [0.4, 0.5) is 13.2 Å². The van der Waals surface area contributed by atoms with E-state index in [1.165, 1.54) is 18.2 Å². The van der Waals surface area contributed by atoms with Crippen LogP contribution in [0.3, 0.4) is 0 Å². The van der Waals surface area contributed by atoms with Gasteiger partial charge in [-0.1, -0.05) is 12.1 Å². The molecule has 0 bridgehead atoms. The zero-order chi connectivity index (χ0) is 17.0. The first-order valence-electron chi connectivity index (χ1n) is 6.60. The zero-order valence-corrected chi connectivity index (χ0v) is 12.9. The molecule has 2 aromatic carbocycles. The largest absolute Gasteiger partial charge is 0.435 e. The highest BCUT2D eigenvalue weighted by Gasteiger charge is 2.19. The SMILES string of the molecule is C[C@@H](NS(=O)(=O)c1ccc(F)cc1)c1cccc(OC(F)F)c1. The molecule has 8 heteroatoms. The third kappa shape index (κ3) is 4.70. The molecule has 0 aliphatic rings. The van der Waals surface area contributed by atoms with Gasteiger partial charge in [-0.15, -0.1) is 0 Å². The molecule has 23 heavy (non-hydrogen) atoms. The van der Waals surface area contributed by atoms with Crippen LogP contribution in [0, 0.1) is 5.82 Å². The van der Waals surface area contributed by atoms with E-state index in [0.717, 1.165) is 24.3 Å². The van der Waals surface area contributed by atoms with Gasteiger partial charge < -0.3 is 4.74 Å². The maximum Gasteiger partial charge on any atom is 0.387 e. The third-order valence-corrected chi connectivity index (χ3v) is 4.60. The van der Waals surface area contributed by atoms with Crippen LogP contribution in [-0.4, -0.2) is 15.0 Å². The van der Waals surface area contributed by atoms with Crippen molar-refractivity contribution in [3.8, 4) is 5.75 Å². The summed E-state index contributed by atoms with van der Waals surface area (Å²) in [4.78, 5) is -0.0919. The lowest BCUT2D eigenvalue weighted by Gasteiger charge is -2.16. The second-order valence-corrected chi connectivity index (χ2v) is 6.46. The zero-order valence-electron chi connectivity index (χ0n) is 12.0. The van der Waals surface area contributed by atoms with Crippen LogP contribution in [0.15, 0.2) is 53.4 Å². The van der Waals surface area contributed by atoms with E-state index in [0.29, 0.717) is 5.56 Å². The molecule has 0 saturated heterocycles. The maximum atomic E-state index is 12.9. The highest BCUT2D eigenvalue weighted by molar-refractivity contribution is 7.89. The summed E-state index contributed by atoms with van der Waals surface area (Å²) in [5.74, 6) is -0.612. The summed E-state index contributed by atoms with van der Waals surface area (Å²) in [6.07, 6.45) is 0. The standard InChI is InChI=1S/C15H14F3NO3S/c1-10(11-3-2-4-13(9-11)22-15(17)18)19-23(20,21)14-7-5-12(16)6-8-14/h2-10,15,19H,1H3/t10-/m1/s1. The van der Waals surface area contributed by atoms with E-state index in [1.807, 2.05) is 0 Å². The van der Waals surface area contributed by atoms with E-state index in [-0.39, 0.29) is 10.6 Å². The van der Waals surface area contributed by atoms with E-state index in [1.54, 1.807) is 13.0 Å². The summed E-state index contributed by atoms with van der Waals surface area (Å²) in [7, 11) is -3.87. The summed E-state index contributed by atoms with van der Waals surface area (Å²) in [5, 5.41) is 0. The average molecular weight is 345 g/mol. The molecular weight excluding hydrogens is 331 g/mol. The number of alkyl halides is 2. The van der Waals surface area contributed by atoms with Gasteiger partial charge in [0.25, 0.3) is 0 Å². The van der Waals surface area contributed by atoms with Crippen LogP contribution in [-0.2, 0) is 10.0 Å². The van der Waals surface area contributed by atoms with Crippen molar-refractivity contribution in [2.24, 2.45) is 0 Å². The quantitative estimate of drug-likeness (QED) is 0.872. The Bertz CT molecular complexity index is 764. The molecule has 0 saturated carbocycles. The molecule has 1 N–H and O–H groups in total. The summed E-state index contributed by atoms with van der Waals surface area (Å²) in [5.41, 5.74) is 0.453. The Morgan fingerprint density at radius 1 is 1.09 bits per heavy atom. The van der Waals surface area contributed by atoms with Gasteiger partial charge in [0.05, 0.1) is 4.90 Å². The molecule has 0 spiro atoms. The number of ether oxygens (including phenoxy) is 1. The monoisotopic (exact) mass is 345 g/mol. The third-order valence-electron chi connectivity index (χ3n) is 3.04. The van der Waals surface area contributed by atoms with Crippen LogP contribution < -0.4 is 9.46 Å². The van der Waals surface area contributed by atoms with Crippen molar-refractivity contribution in [3.63, 3.8) is 0 Å². The first-order chi connectivity index (χ1) is 10.8. The fraction of sp³-hybridized carbons (Fsp3) is 0.200. The van der Waals surface area contributed by atoms with E-state index in [9.17, 15) is 21.6 Å². The van der Waals surface area contributed by atoms with Gasteiger partial charge in [0, 0.05) is 6.04 Å². The first-order valence-corrected chi connectivity index (χ1v) is 8.09. The molecule has 0 aliphatic heterocycles. The lowest BCUT2D eigenvalue weighted by molar-refractivity contribution is -0.0499. The van der Waals surface area contributed by atoms with Gasteiger partial charge in [0.15, 0.2) is 0 Å². The fourth-order valence-corrected chi connectivity index (χ4v) is 3.17. The molecular formula is C15H14F3NO3S. The number of hydrogen-bond donors (Lipinski definition) is 1. The van der Waals surface area contributed by atoms with E-state index >= 15 is 0 Å². The predicted octanol–water partition coefficient (Wildman–Crippen LogP) is 3.47. The normalized spacial score (nSPS) is 13.1. The van der Waals surface area contributed by atoms with Gasteiger partial charge >= 0.3 is 6.61 Å². The highest BCUT2D eigenvalue weighted by Crippen LogP contribution is 2.22. The number of halogens is 3. The Hall–Kier alpha value is -2.06. The van der Waals surface area contributed by atoms with E-state index < -0.39 is 28.5 Å². The smallest absolute Gasteiger partial charge is 0.387 e. The molecule has 124 valence electrons. The molecule has 0 heterocycles. The number of nitrogens with one attached hydrogen (secondary N) is 1. The lowest BCUT2D eigenvalue weighted by Crippen LogP contribution is -2.26. The molecule has 4 nitrogen and oxygen atoms in total. The molecule has 0 amide bonds. The minimum atomic E-state index is -3.87. The lowest BCUT2D eigenvalue weighted by atomic mass is 10.1. The summed E-state index contributed by atoms with van der Waals surface area (Å²) >= 11 is 0. The Morgan fingerprint density at radius 3 is 2.35 bits per heavy atom. The fourth-order valence-electron chi connectivity index (χ4n) is 1.94. The van der Waals surface area contributed by atoms with Crippen LogP contribution in [0.2, 0.25) is 0 Å². The van der Waals surface area contributed by atoms with Gasteiger partial charge in [-0.05, 0) is 48.9 Å². The summed E-state index contributed by atoms with van der Waals surface area (Å²) < 4.78 is 68.4. The van der Waals surface area contributed by atoms with Crippen LogP contribution >= 0.6 is 0 Å². The Morgan fingerprint density at radius 2 is 1.74 bits per heavy atom. The molecule has 1 atom stereocenters. The van der Waals surface area contributed by atoms with Gasteiger partial charge in [-0.3, -0.25) is 0 Å². The van der Waals surface area contributed by atoms with E-state index in [4.69, 9.17) is 0 Å². The van der Waals surface area contributed by atoms with Gasteiger partial charge in [0.2, 0.25) is 10.0 Å². The van der Waals surface area contributed by atoms with Crippen molar-refractivity contribution in [1.29, 1.82) is 0 Å². The molecule has 0 aromatic heterocycles. The van der Waals surface area contributed by atoms with Crippen LogP contribution in [0.1, 0.15) is 18.5 Å². The highest BCUT2D eigenvalue weighted by atomic mass is 32.2. The minimum Gasteiger partial charge on any atom is -0.435 e. The minimum absolute atomic E-state index is 0.0645. The molecule has 0 aliphatic carbocycles. The summed E-state index contributed by atoms with van der Waals surface area (Å²) in [6, 6.07) is 9.40. The maximum absolute atomic E-state index is 12.9. The second kappa shape index (κ2) is 7.01. The van der Waals surface area contributed by atoms with Crippen molar-refractivity contribution in [1.82, 2.24) is 4.72 Å². The van der Waals surface area contributed by atoms with E-state index in [2.05, 4.69) is 9.46 Å². The molecule has 0 fully saturated rings. The van der Waals surface area contributed by atoms with Crippen molar-refractivity contribution in [3.05, 3.63) is 59.9 Å². The molecule has 0 radical (unpaired) electrons. The van der Waals surface area contributed by atoms with Crippen LogP contribution in [0.5, 0.6) is 5.75 Å². The Balaban J connectivity index is 2.17. The van der Waals surface area contributed by atoms with Crippen molar-refractivity contribution in [2.75, 3.05) is 0 Å². The number of hydrogen-bond acceptors (Lipinski definition) is 3. The van der Waals surface area contributed by atoms with Crippen molar-refractivity contribution < 1.29 is 26.3 Å². The number of sulfonamides is 1. The second-order valence-electron chi connectivity index (χ2n) is 4.75. The predicted molar refractivity (Wildman–Crippen MR) is 78.2 cm³/mol. The average Bonchev–Trinajstić information content (AvgIpc) is 2.47. The van der Waals surface area contributed by atoms with Gasteiger partial charge in [-0.25, -0.2) is 17.5 Å².